The summed E-state index contributed by atoms with van der Waals surface area (Å²) in [5.41, 5.74) is 1.11. The van der Waals surface area contributed by atoms with Crippen LogP contribution in [0, 0.1) is 0 Å². The smallest absolute Gasteiger partial charge is 0.348 e. The highest BCUT2D eigenvalue weighted by Gasteiger charge is 2.31. The summed E-state index contributed by atoms with van der Waals surface area (Å²) in [5, 5.41) is 3.53. The van der Waals surface area contributed by atoms with Gasteiger partial charge >= 0.3 is 11.9 Å². The van der Waals surface area contributed by atoms with Crippen molar-refractivity contribution in [3.63, 3.8) is 0 Å². The van der Waals surface area contributed by atoms with Crippen LogP contribution < -0.4 is 10.1 Å². The molecule has 300 valence electrons. The summed E-state index contributed by atoms with van der Waals surface area (Å²) >= 11 is 0. The van der Waals surface area contributed by atoms with Gasteiger partial charge in [0.05, 0.1) is 40.4 Å². The first-order valence-electron chi connectivity index (χ1n) is 22.5. The molecule has 1 aliphatic heterocycles. The second-order valence-electron chi connectivity index (χ2n) is 15.9. The molecule has 1 heterocycles. The SMILES string of the molecule is CCCCCCCCCCCCCCCCOC(=O)[C@H](Cc1ccc(OCCCCCCCCCCCCCCCC)cc1)NC1=[N+](C)CCN1C. The normalized spacial score (nSPS) is 13.6. The first kappa shape index (κ1) is 45.9. The van der Waals surface area contributed by atoms with Crippen LogP contribution in [0.2, 0.25) is 0 Å². The van der Waals surface area contributed by atoms with Gasteiger partial charge in [-0.05, 0) is 30.5 Å². The minimum absolute atomic E-state index is 0.158. The molecule has 6 nitrogen and oxygen atoms in total. The number of nitrogens with one attached hydrogen (secondary N) is 1. The lowest BCUT2D eigenvalue weighted by molar-refractivity contribution is -0.488. The Kier molecular flexibility index (Phi) is 28.4. The van der Waals surface area contributed by atoms with E-state index in [0.29, 0.717) is 13.0 Å². The molecule has 1 atom stereocenters. The largest absolute Gasteiger partial charge is 0.494 e. The highest BCUT2D eigenvalue weighted by molar-refractivity contribution is 5.84. The number of unbranched alkanes of at least 4 members (excludes halogenated alkanes) is 26. The number of benzene rings is 1. The van der Waals surface area contributed by atoms with E-state index in [-0.39, 0.29) is 5.97 Å². The number of carbonyl (C=O) groups excluding carboxylic acids is 1. The van der Waals surface area contributed by atoms with Gasteiger partial charge in [-0.15, -0.1) is 0 Å². The van der Waals surface area contributed by atoms with E-state index in [9.17, 15) is 4.79 Å². The molecule has 1 aliphatic rings. The van der Waals surface area contributed by atoms with Crippen molar-refractivity contribution >= 4 is 11.9 Å². The predicted octanol–water partition coefficient (Wildman–Crippen LogP) is 12.0. The summed E-state index contributed by atoms with van der Waals surface area (Å²) in [6.45, 7) is 7.74. The Morgan fingerprint density at radius 3 is 1.44 bits per heavy atom. The van der Waals surface area contributed by atoms with Crippen molar-refractivity contribution in [1.82, 2.24) is 10.2 Å². The van der Waals surface area contributed by atoms with Crippen LogP contribution in [0.1, 0.15) is 199 Å². The maximum absolute atomic E-state index is 13.4. The maximum atomic E-state index is 13.4. The summed E-state index contributed by atoms with van der Waals surface area (Å²) < 4.78 is 14.1. The van der Waals surface area contributed by atoms with E-state index in [4.69, 9.17) is 9.47 Å². The van der Waals surface area contributed by atoms with Gasteiger partial charge in [-0.3, -0.25) is 14.8 Å². The van der Waals surface area contributed by atoms with Crippen molar-refractivity contribution in [1.29, 1.82) is 0 Å². The zero-order valence-electron chi connectivity index (χ0n) is 34.8. The minimum Gasteiger partial charge on any atom is -0.494 e. The van der Waals surface area contributed by atoms with Crippen molar-refractivity contribution in [2.75, 3.05) is 40.4 Å². The molecule has 0 unspecified atom stereocenters. The monoisotopic (exact) mass is 727 g/mol. The van der Waals surface area contributed by atoms with Crippen molar-refractivity contribution < 1.29 is 18.8 Å². The number of nitrogens with zero attached hydrogens (tertiary/aromatic N) is 2. The van der Waals surface area contributed by atoms with Crippen LogP contribution in [0.5, 0.6) is 5.75 Å². The standard InChI is InChI=1S/C46H83N3O3/c1-5-7-9-11-13-15-17-19-21-23-25-27-29-31-39-51-43-35-33-42(34-36-43)41-44(47-46-48(3)37-38-49(46)4)45(50)52-40-32-30-28-26-24-22-20-18-16-14-12-10-8-6-2/h33-36,44H,5-32,37-41H2,1-4H3/p+1/t44-/m0/s1. The molecule has 0 saturated carbocycles. The average Bonchev–Trinajstić information content (AvgIpc) is 3.47. The maximum Gasteiger partial charge on any atom is 0.348 e. The predicted molar refractivity (Wildman–Crippen MR) is 223 cm³/mol. The Balaban J connectivity index is 1.59. The average molecular weight is 727 g/mol. The lowest BCUT2D eigenvalue weighted by Crippen LogP contribution is -2.49. The van der Waals surface area contributed by atoms with E-state index in [1.165, 1.54) is 161 Å². The van der Waals surface area contributed by atoms with E-state index in [1.807, 2.05) is 0 Å². The van der Waals surface area contributed by atoms with E-state index < -0.39 is 6.04 Å². The quantitative estimate of drug-likeness (QED) is 0.0429. The van der Waals surface area contributed by atoms with Gasteiger partial charge in [0.2, 0.25) is 0 Å². The van der Waals surface area contributed by atoms with Gasteiger partial charge in [-0.2, -0.15) is 0 Å². The number of hydrogen-bond acceptors (Lipinski definition) is 5. The molecule has 2 rings (SSSR count). The molecule has 0 aromatic heterocycles. The number of ether oxygens (including phenoxy) is 2. The second-order valence-corrected chi connectivity index (χ2v) is 15.9. The molecule has 0 amide bonds. The van der Waals surface area contributed by atoms with Crippen molar-refractivity contribution in [2.45, 2.75) is 206 Å². The van der Waals surface area contributed by atoms with Crippen LogP contribution in [0.25, 0.3) is 0 Å². The molecular weight excluding hydrogens is 643 g/mol. The topological polar surface area (TPSA) is 53.8 Å². The van der Waals surface area contributed by atoms with Crippen LogP contribution in [-0.2, 0) is 16.0 Å². The molecule has 1 aromatic rings. The summed E-state index contributed by atoms with van der Waals surface area (Å²) in [4.78, 5) is 15.5. The highest BCUT2D eigenvalue weighted by Crippen LogP contribution is 2.17. The molecule has 52 heavy (non-hydrogen) atoms. The zero-order chi connectivity index (χ0) is 37.3. The zero-order valence-corrected chi connectivity index (χ0v) is 34.8. The third-order valence-electron chi connectivity index (χ3n) is 11.0. The lowest BCUT2D eigenvalue weighted by Gasteiger charge is -2.18. The van der Waals surface area contributed by atoms with E-state index in [2.05, 4.69) is 67.0 Å². The fourth-order valence-corrected chi connectivity index (χ4v) is 7.39. The molecule has 1 N–H and O–H groups in total. The first-order chi connectivity index (χ1) is 25.5. The van der Waals surface area contributed by atoms with Crippen molar-refractivity contribution in [2.24, 2.45) is 0 Å². The first-order valence-corrected chi connectivity index (χ1v) is 22.5. The molecule has 6 heteroatoms. The number of guanidine groups is 1. The van der Waals surface area contributed by atoms with Crippen LogP contribution in [-0.4, -0.2) is 67.8 Å². The Hall–Kier alpha value is -2.24. The fourth-order valence-electron chi connectivity index (χ4n) is 7.39. The third-order valence-corrected chi connectivity index (χ3v) is 11.0. The fraction of sp³-hybridized carbons (Fsp3) is 0.826. The molecule has 1 aromatic carbocycles. The van der Waals surface area contributed by atoms with Crippen LogP contribution in [0.15, 0.2) is 24.3 Å². The number of rotatable bonds is 35. The molecule has 0 radical (unpaired) electrons. The summed E-state index contributed by atoms with van der Waals surface area (Å²) in [5.74, 6) is 1.74. The van der Waals surface area contributed by atoms with Crippen LogP contribution in [0.4, 0.5) is 0 Å². The van der Waals surface area contributed by atoms with E-state index in [1.54, 1.807) is 0 Å². The lowest BCUT2D eigenvalue weighted by atomic mass is 10.0. The Morgan fingerprint density at radius 2 is 1.04 bits per heavy atom. The van der Waals surface area contributed by atoms with E-state index >= 15 is 0 Å². The summed E-state index contributed by atoms with van der Waals surface area (Å²) in [6, 6.07) is 7.88. The Morgan fingerprint density at radius 1 is 0.635 bits per heavy atom. The highest BCUT2D eigenvalue weighted by atomic mass is 16.5. The number of esters is 1. The van der Waals surface area contributed by atoms with Gasteiger partial charge in [-0.1, -0.05) is 193 Å². The molecule has 0 fully saturated rings. The van der Waals surface area contributed by atoms with Crippen LogP contribution >= 0.6 is 0 Å². The van der Waals surface area contributed by atoms with Crippen molar-refractivity contribution in [3.8, 4) is 5.75 Å². The van der Waals surface area contributed by atoms with Crippen molar-refractivity contribution in [3.05, 3.63) is 29.8 Å². The second kappa shape index (κ2) is 32.2. The molecule has 0 bridgehead atoms. The Bertz CT molecular complexity index is 1010. The summed E-state index contributed by atoms with van der Waals surface area (Å²) in [6.07, 6.45) is 38.2. The van der Waals surface area contributed by atoms with Gasteiger partial charge in [0.1, 0.15) is 5.75 Å². The van der Waals surface area contributed by atoms with Gasteiger partial charge in [0, 0.05) is 6.42 Å². The Labute approximate surface area is 322 Å². The minimum atomic E-state index is -0.424. The number of carbonyl (C=O) groups is 1. The molecule has 0 spiro atoms. The third kappa shape index (κ3) is 23.4. The van der Waals surface area contributed by atoms with Gasteiger partial charge in [0.15, 0.2) is 6.04 Å². The van der Waals surface area contributed by atoms with E-state index in [0.717, 1.165) is 56.2 Å². The van der Waals surface area contributed by atoms with Crippen LogP contribution in [0.3, 0.4) is 0 Å². The van der Waals surface area contributed by atoms with Gasteiger partial charge < -0.3 is 9.47 Å². The van der Waals surface area contributed by atoms with Gasteiger partial charge in [-0.25, -0.2) is 4.79 Å². The number of likely N-dealkylation sites (N-methyl/N-ethyl adjacent to an activating group) is 2. The molecule has 0 saturated heterocycles. The molecular formula is C46H84N3O3+. The van der Waals surface area contributed by atoms with Gasteiger partial charge in [0.25, 0.3) is 0 Å². The number of hydrogen-bond donors (Lipinski definition) is 1. The molecule has 0 aliphatic carbocycles. The summed E-state index contributed by atoms with van der Waals surface area (Å²) in [7, 11) is 4.15.